The van der Waals surface area contributed by atoms with Gasteiger partial charge in [0.25, 0.3) is 5.91 Å². The van der Waals surface area contributed by atoms with Crippen molar-refractivity contribution in [3.8, 4) is 11.3 Å². The average molecular weight is 472 g/mol. The molecule has 3 rings (SSSR count). The number of aromatic nitrogens is 1. The van der Waals surface area contributed by atoms with Crippen molar-refractivity contribution in [1.82, 2.24) is 15.8 Å². The molecule has 0 unspecified atom stereocenters. The molecule has 2 heterocycles. The Balaban J connectivity index is 1.93. The van der Waals surface area contributed by atoms with Gasteiger partial charge in [-0.15, -0.1) is 11.8 Å². The Morgan fingerprint density at radius 2 is 2.03 bits per heavy atom. The van der Waals surface area contributed by atoms with E-state index in [1.807, 2.05) is 0 Å². The van der Waals surface area contributed by atoms with Crippen LogP contribution in [0.3, 0.4) is 0 Å². The normalized spacial score (nSPS) is 20.9. The van der Waals surface area contributed by atoms with Crippen LogP contribution in [0.2, 0.25) is 5.02 Å². The van der Waals surface area contributed by atoms with Crippen LogP contribution in [-0.2, 0) is 9.59 Å². The molecule has 0 spiro atoms. The highest BCUT2D eigenvalue weighted by molar-refractivity contribution is 8.01. The second kappa shape index (κ2) is 8.48. The summed E-state index contributed by atoms with van der Waals surface area (Å²) in [5.74, 6) is -4.09. The molecule has 3 atom stereocenters. The summed E-state index contributed by atoms with van der Waals surface area (Å²) in [6, 6.07) is 1.43. The molecule has 0 saturated carbocycles. The molecule has 2 aromatic rings. The van der Waals surface area contributed by atoms with Crippen molar-refractivity contribution >= 4 is 41.2 Å². The predicted molar refractivity (Wildman–Crippen MR) is 111 cm³/mol. The molecule has 9 nitrogen and oxygen atoms in total. The van der Waals surface area contributed by atoms with Gasteiger partial charge >= 0.3 is 11.9 Å². The van der Waals surface area contributed by atoms with Crippen LogP contribution in [0, 0.1) is 12.7 Å². The number of nitrogens with zero attached hydrogens (tertiary/aromatic N) is 1. The van der Waals surface area contributed by atoms with Gasteiger partial charge in [-0.3, -0.25) is 14.9 Å². The van der Waals surface area contributed by atoms with Crippen LogP contribution < -0.4 is 10.6 Å². The Hall–Kier alpha value is -2.63. The van der Waals surface area contributed by atoms with E-state index in [1.54, 1.807) is 13.8 Å². The van der Waals surface area contributed by atoms with Gasteiger partial charge in [0.2, 0.25) is 0 Å². The van der Waals surface area contributed by atoms with E-state index in [-0.39, 0.29) is 27.6 Å². The highest BCUT2D eigenvalue weighted by atomic mass is 35.5. The second-order valence-corrected chi connectivity index (χ2v) is 9.63. The van der Waals surface area contributed by atoms with E-state index < -0.39 is 45.9 Å². The van der Waals surface area contributed by atoms with Crippen molar-refractivity contribution < 1.29 is 33.5 Å². The molecular formula is C19H19ClFN3O6S. The first-order valence-corrected chi connectivity index (χ1v) is 10.3. The van der Waals surface area contributed by atoms with Crippen molar-refractivity contribution in [2.75, 3.05) is 0 Å². The fourth-order valence-corrected chi connectivity index (χ4v) is 5.08. The highest BCUT2D eigenvalue weighted by Crippen LogP contribution is 2.39. The lowest BCUT2D eigenvalue weighted by molar-refractivity contribution is -0.142. The third-order valence-electron chi connectivity index (χ3n) is 4.85. The standard InChI is InChI=1S/C19H19ClFN3O6S/c1-7-10(12(24-30-7)11-8(20)5-4-6-9(11)21)15(25)22-13(17(26)27)16-23-14(18(28)29)19(2,3)31-16/h4-6,13-14,16,23H,1-3H3,(H,22,25)(H,26,27)(H,28,29)/t13-,14-,16+/m0/s1. The Bertz CT molecular complexity index is 1040. The number of aryl methyl sites for hydroxylation is 1. The lowest BCUT2D eigenvalue weighted by Crippen LogP contribution is -2.54. The summed E-state index contributed by atoms with van der Waals surface area (Å²) in [5.41, 5.74) is -0.494. The van der Waals surface area contributed by atoms with Gasteiger partial charge in [-0.2, -0.15) is 0 Å². The van der Waals surface area contributed by atoms with Crippen LogP contribution in [0.4, 0.5) is 4.39 Å². The number of carbonyl (C=O) groups excluding carboxylic acids is 1. The van der Waals surface area contributed by atoms with Crippen LogP contribution >= 0.6 is 23.4 Å². The summed E-state index contributed by atoms with van der Waals surface area (Å²) >= 11 is 7.15. The smallest absolute Gasteiger partial charge is 0.328 e. The predicted octanol–water partition coefficient (Wildman–Crippen LogP) is 2.52. The van der Waals surface area contributed by atoms with Gasteiger partial charge in [-0.1, -0.05) is 22.8 Å². The number of hydrogen-bond acceptors (Lipinski definition) is 7. The SMILES string of the molecule is Cc1onc(-c2c(F)cccc2Cl)c1C(=O)N[C@H](C(=O)O)[C@@H]1N[C@@H](C(=O)O)C(C)(C)S1. The Kier molecular flexibility index (Phi) is 6.30. The molecule has 1 amide bonds. The van der Waals surface area contributed by atoms with E-state index in [0.29, 0.717) is 0 Å². The largest absolute Gasteiger partial charge is 0.480 e. The second-order valence-electron chi connectivity index (χ2n) is 7.43. The van der Waals surface area contributed by atoms with E-state index in [0.717, 1.165) is 17.8 Å². The molecule has 1 fully saturated rings. The van der Waals surface area contributed by atoms with Gasteiger partial charge in [0.1, 0.15) is 28.9 Å². The van der Waals surface area contributed by atoms with E-state index in [9.17, 15) is 29.0 Å². The van der Waals surface area contributed by atoms with Crippen LogP contribution in [0.15, 0.2) is 22.7 Å². The zero-order valence-corrected chi connectivity index (χ0v) is 18.2. The number of carboxylic acids is 2. The molecule has 0 bridgehead atoms. The minimum Gasteiger partial charge on any atom is -0.480 e. The summed E-state index contributed by atoms with van der Waals surface area (Å²) in [6.45, 7) is 4.74. The summed E-state index contributed by atoms with van der Waals surface area (Å²) < 4.78 is 18.6. The topological polar surface area (TPSA) is 142 Å². The van der Waals surface area contributed by atoms with Crippen molar-refractivity contribution in [3.05, 3.63) is 40.4 Å². The minimum atomic E-state index is -1.49. The van der Waals surface area contributed by atoms with Gasteiger partial charge < -0.3 is 20.1 Å². The fourth-order valence-electron chi connectivity index (χ4n) is 3.34. The fraction of sp³-hybridized carbons (Fsp3) is 0.368. The Morgan fingerprint density at radius 3 is 2.58 bits per heavy atom. The molecule has 0 radical (unpaired) electrons. The first-order valence-electron chi connectivity index (χ1n) is 9.05. The molecular weight excluding hydrogens is 453 g/mol. The minimum absolute atomic E-state index is 0.00352. The number of halogens is 2. The number of thioether (sulfide) groups is 1. The maximum absolute atomic E-state index is 14.4. The maximum Gasteiger partial charge on any atom is 0.328 e. The third kappa shape index (κ3) is 4.39. The first-order chi connectivity index (χ1) is 14.4. The molecule has 166 valence electrons. The summed E-state index contributed by atoms with van der Waals surface area (Å²) in [5, 5.41) is 27.0. The van der Waals surface area contributed by atoms with Crippen molar-refractivity contribution in [1.29, 1.82) is 0 Å². The molecule has 1 aliphatic heterocycles. The molecule has 1 aromatic carbocycles. The number of carboxylic acid groups (broad SMARTS) is 2. The zero-order valence-electron chi connectivity index (χ0n) is 16.6. The lowest BCUT2D eigenvalue weighted by atomic mass is 10.0. The molecule has 31 heavy (non-hydrogen) atoms. The van der Waals surface area contributed by atoms with Crippen LogP contribution in [0.1, 0.15) is 30.0 Å². The number of nitrogens with one attached hydrogen (secondary N) is 2. The summed E-state index contributed by atoms with van der Waals surface area (Å²) in [6.07, 6.45) is 0. The molecule has 1 aromatic heterocycles. The maximum atomic E-state index is 14.4. The number of benzene rings is 1. The third-order valence-corrected chi connectivity index (χ3v) is 6.67. The summed E-state index contributed by atoms with van der Waals surface area (Å²) in [4.78, 5) is 36.4. The highest BCUT2D eigenvalue weighted by Gasteiger charge is 2.49. The average Bonchev–Trinajstić information content (AvgIpc) is 3.18. The van der Waals surface area contributed by atoms with E-state index >= 15 is 0 Å². The van der Waals surface area contributed by atoms with Gasteiger partial charge in [0, 0.05) is 4.75 Å². The monoisotopic (exact) mass is 471 g/mol. The van der Waals surface area contributed by atoms with Crippen LogP contribution in [0.25, 0.3) is 11.3 Å². The Labute approximate surface area is 185 Å². The van der Waals surface area contributed by atoms with Crippen LogP contribution in [0.5, 0.6) is 0 Å². The first kappa shape index (κ1) is 23.0. The van der Waals surface area contributed by atoms with Gasteiger partial charge in [-0.25, -0.2) is 9.18 Å². The van der Waals surface area contributed by atoms with E-state index in [2.05, 4.69) is 15.8 Å². The number of rotatable bonds is 6. The van der Waals surface area contributed by atoms with Gasteiger partial charge in [0.05, 0.1) is 16.0 Å². The molecule has 0 aliphatic carbocycles. The van der Waals surface area contributed by atoms with Crippen molar-refractivity contribution in [2.24, 2.45) is 0 Å². The molecule has 1 aliphatic rings. The number of hydrogen-bond donors (Lipinski definition) is 4. The van der Waals surface area contributed by atoms with Gasteiger partial charge in [-0.05, 0) is 32.9 Å². The Morgan fingerprint density at radius 1 is 1.35 bits per heavy atom. The van der Waals surface area contributed by atoms with Crippen LogP contribution in [-0.4, -0.2) is 55.4 Å². The van der Waals surface area contributed by atoms with E-state index in [1.165, 1.54) is 19.1 Å². The molecule has 1 saturated heterocycles. The van der Waals surface area contributed by atoms with Crippen molar-refractivity contribution in [3.63, 3.8) is 0 Å². The lowest BCUT2D eigenvalue weighted by Gasteiger charge is -2.22. The molecule has 12 heteroatoms. The van der Waals surface area contributed by atoms with Crippen molar-refractivity contribution in [2.45, 2.75) is 43.0 Å². The van der Waals surface area contributed by atoms with Gasteiger partial charge in [0.15, 0.2) is 6.04 Å². The zero-order chi connectivity index (χ0) is 23.1. The molecule has 4 N–H and O–H groups in total. The van der Waals surface area contributed by atoms with E-state index in [4.69, 9.17) is 16.1 Å². The summed E-state index contributed by atoms with van der Waals surface area (Å²) in [7, 11) is 0. The quantitative estimate of drug-likeness (QED) is 0.499. The number of amides is 1. The number of carbonyl (C=O) groups is 3. The number of aliphatic carboxylic acids is 2.